The molecule has 34 heavy (non-hydrogen) atoms. The van der Waals surface area contributed by atoms with Crippen LogP contribution in [0.4, 0.5) is 0 Å². The van der Waals surface area contributed by atoms with E-state index in [-0.39, 0.29) is 12.0 Å². The zero-order chi connectivity index (χ0) is 23.2. The van der Waals surface area contributed by atoms with Crippen molar-refractivity contribution in [3.05, 3.63) is 120 Å². The number of fused-ring (bicyclic) bond motifs is 1. The first kappa shape index (κ1) is 22.3. The number of benzene rings is 4. The average molecular weight is 451 g/mol. The molecular weight excluding hydrogens is 420 g/mol. The Hall–Kier alpha value is -3.47. The standard InChI is InChI=1S/C30H30N2O2/c33-30(28-17-9-15-24-10-7-8-16-27(24)28)32-20-18-31(19-21-32)22-23-34-29(25-11-3-1-4-12-25)26-13-5-2-6-14-26/h1-17,29H,18-23H2. The minimum absolute atomic E-state index is 0.0726. The van der Waals surface area contributed by atoms with Crippen LogP contribution in [0.15, 0.2) is 103 Å². The molecule has 0 unspecified atom stereocenters. The fourth-order valence-electron chi connectivity index (χ4n) is 4.70. The molecule has 1 amide bonds. The quantitative estimate of drug-likeness (QED) is 0.378. The van der Waals surface area contributed by atoms with E-state index in [1.807, 2.05) is 47.4 Å². The smallest absolute Gasteiger partial charge is 0.254 e. The molecule has 0 radical (unpaired) electrons. The van der Waals surface area contributed by atoms with Crippen molar-refractivity contribution in [3.63, 3.8) is 0 Å². The van der Waals surface area contributed by atoms with Gasteiger partial charge in [-0.3, -0.25) is 9.69 Å². The van der Waals surface area contributed by atoms with E-state index in [9.17, 15) is 4.79 Å². The Bertz CT molecular complexity index is 1170. The van der Waals surface area contributed by atoms with Gasteiger partial charge in [0, 0.05) is 38.3 Å². The summed E-state index contributed by atoms with van der Waals surface area (Å²) in [6.07, 6.45) is -0.0726. The van der Waals surface area contributed by atoms with Gasteiger partial charge >= 0.3 is 0 Å². The van der Waals surface area contributed by atoms with Crippen LogP contribution in [-0.2, 0) is 4.74 Å². The summed E-state index contributed by atoms with van der Waals surface area (Å²) >= 11 is 0. The molecule has 0 aliphatic carbocycles. The minimum atomic E-state index is -0.0726. The predicted molar refractivity (Wildman–Crippen MR) is 137 cm³/mol. The predicted octanol–water partition coefficient (Wildman–Crippen LogP) is 5.40. The normalized spacial score (nSPS) is 14.6. The molecule has 0 aromatic heterocycles. The Morgan fingerprint density at radius 1 is 0.706 bits per heavy atom. The van der Waals surface area contributed by atoms with Crippen LogP contribution in [0.2, 0.25) is 0 Å². The lowest BCUT2D eigenvalue weighted by atomic mass is 10.0. The Morgan fingerprint density at radius 2 is 1.29 bits per heavy atom. The van der Waals surface area contributed by atoms with E-state index in [1.165, 1.54) is 11.1 Å². The van der Waals surface area contributed by atoms with Crippen LogP contribution in [0.3, 0.4) is 0 Å². The van der Waals surface area contributed by atoms with Crippen LogP contribution in [0, 0.1) is 0 Å². The monoisotopic (exact) mass is 450 g/mol. The van der Waals surface area contributed by atoms with Gasteiger partial charge in [-0.1, -0.05) is 97.1 Å². The summed E-state index contributed by atoms with van der Waals surface area (Å²) in [5.74, 6) is 0.126. The molecule has 1 saturated heterocycles. The fraction of sp³-hybridized carbons (Fsp3) is 0.233. The number of amides is 1. The first-order valence-corrected chi connectivity index (χ1v) is 12.0. The molecule has 5 rings (SSSR count). The van der Waals surface area contributed by atoms with Crippen LogP contribution < -0.4 is 0 Å². The zero-order valence-corrected chi connectivity index (χ0v) is 19.3. The summed E-state index contributed by atoms with van der Waals surface area (Å²) in [6, 6.07) is 34.8. The molecule has 1 aliphatic rings. The molecule has 0 bridgehead atoms. The molecule has 0 spiro atoms. The highest BCUT2D eigenvalue weighted by Crippen LogP contribution is 2.26. The van der Waals surface area contributed by atoms with E-state index >= 15 is 0 Å². The van der Waals surface area contributed by atoms with Crippen molar-refractivity contribution >= 4 is 16.7 Å². The van der Waals surface area contributed by atoms with E-state index in [0.29, 0.717) is 6.61 Å². The van der Waals surface area contributed by atoms with E-state index in [2.05, 4.69) is 65.6 Å². The lowest BCUT2D eigenvalue weighted by Gasteiger charge is -2.35. The maximum absolute atomic E-state index is 13.2. The third kappa shape index (κ3) is 5.04. The lowest BCUT2D eigenvalue weighted by Crippen LogP contribution is -2.49. The molecule has 1 fully saturated rings. The molecule has 1 heterocycles. The average Bonchev–Trinajstić information content (AvgIpc) is 2.92. The number of rotatable bonds is 7. The summed E-state index contributed by atoms with van der Waals surface area (Å²) in [4.78, 5) is 17.6. The summed E-state index contributed by atoms with van der Waals surface area (Å²) in [7, 11) is 0. The third-order valence-corrected chi connectivity index (χ3v) is 6.58. The van der Waals surface area contributed by atoms with Crippen molar-refractivity contribution in [3.8, 4) is 0 Å². The highest BCUT2D eigenvalue weighted by atomic mass is 16.5. The fourth-order valence-corrected chi connectivity index (χ4v) is 4.70. The van der Waals surface area contributed by atoms with Crippen LogP contribution in [0.1, 0.15) is 27.6 Å². The van der Waals surface area contributed by atoms with Gasteiger partial charge in [-0.05, 0) is 28.0 Å². The molecule has 4 aromatic rings. The first-order valence-electron chi connectivity index (χ1n) is 12.0. The molecule has 172 valence electrons. The highest BCUT2D eigenvalue weighted by Gasteiger charge is 2.23. The van der Waals surface area contributed by atoms with Crippen LogP contribution >= 0.6 is 0 Å². The van der Waals surface area contributed by atoms with Crippen molar-refractivity contribution in [2.24, 2.45) is 0 Å². The van der Waals surface area contributed by atoms with Crippen molar-refractivity contribution in [1.82, 2.24) is 9.80 Å². The molecule has 4 aromatic carbocycles. The number of carbonyl (C=O) groups excluding carboxylic acids is 1. The van der Waals surface area contributed by atoms with Gasteiger partial charge in [-0.2, -0.15) is 0 Å². The molecule has 4 nitrogen and oxygen atoms in total. The summed E-state index contributed by atoms with van der Waals surface area (Å²) in [5, 5.41) is 2.13. The first-order chi connectivity index (χ1) is 16.8. The van der Waals surface area contributed by atoms with Crippen molar-refractivity contribution in [2.75, 3.05) is 39.3 Å². The van der Waals surface area contributed by atoms with Gasteiger partial charge in [0.15, 0.2) is 0 Å². The van der Waals surface area contributed by atoms with Crippen LogP contribution in [0.5, 0.6) is 0 Å². The van der Waals surface area contributed by atoms with Crippen LogP contribution in [-0.4, -0.2) is 55.0 Å². The van der Waals surface area contributed by atoms with Gasteiger partial charge in [0.2, 0.25) is 0 Å². The summed E-state index contributed by atoms with van der Waals surface area (Å²) < 4.78 is 6.39. The number of piperazine rings is 1. The number of hydrogen-bond donors (Lipinski definition) is 0. The maximum atomic E-state index is 13.2. The van der Waals surface area contributed by atoms with Crippen molar-refractivity contribution in [1.29, 1.82) is 0 Å². The van der Waals surface area contributed by atoms with Gasteiger partial charge in [0.25, 0.3) is 5.91 Å². The Kier molecular flexibility index (Phi) is 6.99. The second-order valence-electron chi connectivity index (χ2n) is 8.73. The molecule has 0 atom stereocenters. The van der Waals surface area contributed by atoms with Gasteiger partial charge < -0.3 is 9.64 Å². The van der Waals surface area contributed by atoms with E-state index < -0.39 is 0 Å². The highest BCUT2D eigenvalue weighted by molar-refractivity contribution is 6.07. The number of ether oxygens (including phenoxy) is 1. The van der Waals surface area contributed by atoms with Gasteiger partial charge in [0.05, 0.1) is 6.61 Å². The number of hydrogen-bond acceptors (Lipinski definition) is 3. The van der Waals surface area contributed by atoms with Gasteiger partial charge in [0.1, 0.15) is 6.10 Å². The van der Waals surface area contributed by atoms with E-state index in [1.54, 1.807) is 0 Å². The third-order valence-electron chi connectivity index (χ3n) is 6.58. The molecule has 0 N–H and O–H groups in total. The number of carbonyl (C=O) groups is 1. The molecule has 4 heteroatoms. The Balaban J connectivity index is 1.17. The maximum Gasteiger partial charge on any atom is 0.254 e. The lowest BCUT2D eigenvalue weighted by molar-refractivity contribution is 0.0409. The van der Waals surface area contributed by atoms with Crippen molar-refractivity contribution in [2.45, 2.75) is 6.10 Å². The van der Waals surface area contributed by atoms with Crippen LogP contribution in [0.25, 0.3) is 10.8 Å². The van der Waals surface area contributed by atoms with Gasteiger partial charge in [-0.15, -0.1) is 0 Å². The zero-order valence-electron chi connectivity index (χ0n) is 19.3. The Morgan fingerprint density at radius 3 is 1.97 bits per heavy atom. The van der Waals surface area contributed by atoms with E-state index in [4.69, 9.17) is 4.74 Å². The SMILES string of the molecule is O=C(c1cccc2ccccc12)N1CCN(CCOC(c2ccccc2)c2ccccc2)CC1. The molecular formula is C30H30N2O2. The summed E-state index contributed by atoms with van der Waals surface area (Å²) in [5.41, 5.74) is 3.13. The molecule has 0 saturated carbocycles. The topological polar surface area (TPSA) is 32.8 Å². The summed E-state index contributed by atoms with van der Waals surface area (Å²) in [6.45, 7) is 4.70. The van der Waals surface area contributed by atoms with E-state index in [0.717, 1.165) is 49.1 Å². The minimum Gasteiger partial charge on any atom is -0.367 e. The number of nitrogens with zero attached hydrogens (tertiary/aromatic N) is 2. The van der Waals surface area contributed by atoms with Gasteiger partial charge in [-0.25, -0.2) is 0 Å². The Labute approximate surface area is 201 Å². The second-order valence-corrected chi connectivity index (χ2v) is 8.73. The second kappa shape index (κ2) is 10.6. The van der Waals surface area contributed by atoms with Crippen molar-refractivity contribution < 1.29 is 9.53 Å². The largest absolute Gasteiger partial charge is 0.367 e. The molecule has 1 aliphatic heterocycles.